The largest absolute Gasteiger partial charge is 0.449 e. The average molecular weight is 478 g/mol. The molecule has 4 aromatic rings. The van der Waals surface area contributed by atoms with Gasteiger partial charge >= 0.3 is 5.97 Å². The summed E-state index contributed by atoms with van der Waals surface area (Å²) in [5.41, 5.74) is 4.54. The fraction of sp³-hybridized carbons (Fsp3) is 0.125. The Balaban J connectivity index is 1.47. The third-order valence-corrected chi connectivity index (χ3v) is 5.52. The van der Waals surface area contributed by atoms with E-state index in [1.807, 2.05) is 49.4 Å². The van der Waals surface area contributed by atoms with Crippen molar-refractivity contribution in [2.75, 3.05) is 5.32 Å². The van der Waals surface area contributed by atoms with Gasteiger partial charge in [-0.2, -0.15) is 0 Å². The number of fused-ring (bicyclic) bond motifs is 1. The van der Waals surface area contributed by atoms with Crippen LogP contribution in [0.4, 0.5) is 5.69 Å². The summed E-state index contributed by atoms with van der Waals surface area (Å²) in [6, 6.07) is 20.3. The number of benzene rings is 3. The molecule has 0 aliphatic rings. The van der Waals surface area contributed by atoms with Crippen LogP contribution in [0, 0.1) is 6.92 Å². The van der Waals surface area contributed by atoms with Gasteiger partial charge in [0.05, 0.1) is 22.3 Å². The number of para-hydroxylation sites is 1. The van der Waals surface area contributed by atoms with E-state index in [-0.39, 0.29) is 0 Å². The van der Waals surface area contributed by atoms with E-state index >= 15 is 0 Å². The summed E-state index contributed by atoms with van der Waals surface area (Å²) >= 11 is 3.37. The molecule has 0 spiro atoms. The second kappa shape index (κ2) is 8.73. The Morgan fingerprint density at radius 2 is 1.81 bits per heavy atom. The quantitative estimate of drug-likeness (QED) is 0.372. The fourth-order valence-electron chi connectivity index (χ4n) is 3.06. The van der Waals surface area contributed by atoms with Gasteiger partial charge in [-0.05, 0) is 60.1 Å². The number of carbonyl (C=O) groups excluding carboxylic acids is 2. The molecule has 1 atom stereocenters. The van der Waals surface area contributed by atoms with E-state index in [9.17, 15) is 9.59 Å². The number of nitrogens with zero attached hydrogens (tertiary/aromatic N) is 1. The predicted molar refractivity (Wildman–Crippen MR) is 124 cm³/mol. The van der Waals surface area contributed by atoms with Crippen molar-refractivity contribution in [1.29, 1.82) is 0 Å². The summed E-state index contributed by atoms with van der Waals surface area (Å²) < 4.78 is 6.11. The standard InChI is InChI=1S/C24H20BrN3O3/c1-14-7-9-16(10-8-14)22-26-20-12-11-17(13-21(20)27-22)24(30)31-15(2)23(29)28-19-6-4-3-5-18(19)25/h3-13,15H,1-2H3,(H,26,27)(H,28,29). The summed E-state index contributed by atoms with van der Waals surface area (Å²) in [4.78, 5) is 32.8. The van der Waals surface area contributed by atoms with Gasteiger partial charge in [0.25, 0.3) is 5.91 Å². The summed E-state index contributed by atoms with van der Waals surface area (Å²) in [6.45, 7) is 3.56. The monoisotopic (exact) mass is 477 g/mol. The van der Waals surface area contributed by atoms with E-state index in [1.165, 1.54) is 12.5 Å². The van der Waals surface area contributed by atoms with Crippen LogP contribution in [0.2, 0.25) is 0 Å². The van der Waals surface area contributed by atoms with Crippen molar-refractivity contribution < 1.29 is 14.3 Å². The third kappa shape index (κ3) is 4.67. The second-order valence-corrected chi connectivity index (χ2v) is 8.05. The fourth-order valence-corrected chi connectivity index (χ4v) is 3.45. The number of aromatic amines is 1. The topological polar surface area (TPSA) is 84.1 Å². The van der Waals surface area contributed by atoms with Crippen LogP contribution in [0.1, 0.15) is 22.8 Å². The summed E-state index contributed by atoms with van der Waals surface area (Å²) in [6.07, 6.45) is -0.958. The molecule has 1 heterocycles. The molecule has 1 unspecified atom stereocenters. The highest BCUT2D eigenvalue weighted by Gasteiger charge is 2.20. The number of aryl methyl sites for hydroxylation is 1. The van der Waals surface area contributed by atoms with Gasteiger partial charge < -0.3 is 15.0 Å². The van der Waals surface area contributed by atoms with Gasteiger partial charge in [-0.1, -0.05) is 42.0 Å². The molecule has 0 bridgehead atoms. The van der Waals surface area contributed by atoms with Crippen molar-refractivity contribution in [3.63, 3.8) is 0 Å². The number of anilines is 1. The Labute approximate surface area is 187 Å². The molecule has 3 aromatic carbocycles. The zero-order valence-corrected chi connectivity index (χ0v) is 18.6. The number of hydrogen-bond acceptors (Lipinski definition) is 4. The highest BCUT2D eigenvalue weighted by molar-refractivity contribution is 9.10. The molecule has 6 nitrogen and oxygen atoms in total. The number of halogens is 1. The molecule has 7 heteroatoms. The molecule has 0 saturated heterocycles. The molecule has 0 aliphatic carbocycles. The van der Waals surface area contributed by atoms with Gasteiger partial charge in [0.15, 0.2) is 6.10 Å². The molecule has 156 valence electrons. The molecule has 1 aromatic heterocycles. The summed E-state index contributed by atoms with van der Waals surface area (Å²) in [5.74, 6) is -0.269. The van der Waals surface area contributed by atoms with Crippen LogP contribution in [0.25, 0.3) is 22.4 Å². The number of H-pyrrole nitrogens is 1. The van der Waals surface area contributed by atoms with E-state index in [2.05, 4.69) is 31.2 Å². The van der Waals surface area contributed by atoms with Crippen molar-refractivity contribution in [2.45, 2.75) is 20.0 Å². The highest BCUT2D eigenvalue weighted by atomic mass is 79.9. The number of amides is 1. The van der Waals surface area contributed by atoms with E-state index in [0.717, 1.165) is 26.9 Å². The van der Waals surface area contributed by atoms with Crippen LogP contribution in [-0.4, -0.2) is 27.9 Å². The van der Waals surface area contributed by atoms with Crippen molar-refractivity contribution in [2.24, 2.45) is 0 Å². The molecule has 0 radical (unpaired) electrons. The Kier molecular flexibility index (Phi) is 5.86. The zero-order valence-electron chi connectivity index (χ0n) is 17.0. The Morgan fingerprint density at radius 1 is 1.06 bits per heavy atom. The van der Waals surface area contributed by atoms with Gasteiger partial charge in [0.2, 0.25) is 0 Å². The van der Waals surface area contributed by atoms with Crippen molar-refractivity contribution in [3.05, 3.63) is 82.3 Å². The lowest BCUT2D eigenvalue weighted by molar-refractivity contribution is -0.123. The lowest BCUT2D eigenvalue weighted by Gasteiger charge is -2.14. The minimum Gasteiger partial charge on any atom is -0.449 e. The minimum absolute atomic E-state index is 0.340. The number of ether oxygens (including phenoxy) is 1. The smallest absolute Gasteiger partial charge is 0.338 e. The first-order valence-corrected chi connectivity index (χ1v) is 10.5. The van der Waals surface area contributed by atoms with Crippen LogP contribution < -0.4 is 5.32 Å². The molecular formula is C24H20BrN3O3. The molecule has 4 rings (SSSR count). The highest BCUT2D eigenvalue weighted by Crippen LogP contribution is 2.23. The van der Waals surface area contributed by atoms with Crippen LogP contribution in [0.15, 0.2) is 71.2 Å². The zero-order chi connectivity index (χ0) is 22.0. The first-order valence-electron chi connectivity index (χ1n) is 9.74. The third-order valence-electron chi connectivity index (χ3n) is 4.83. The number of nitrogens with one attached hydrogen (secondary N) is 2. The van der Waals surface area contributed by atoms with Crippen molar-refractivity contribution >= 4 is 44.5 Å². The number of esters is 1. The number of hydrogen-bond donors (Lipinski definition) is 2. The van der Waals surface area contributed by atoms with Crippen LogP contribution in [-0.2, 0) is 9.53 Å². The van der Waals surface area contributed by atoms with Crippen LogP contribution in [0.5, 0.6) is 0 Å². The van der Waals surface area contributed by atoms with Crippen molar-refractivity contribution in [1.82, 2.24) is 9.97 Å². The molecular weight excluding hydrogens is 458 g/mol. The van der Waals surface area contributed by atoms with Gasteiger partial charge in [0.1, 0.15) is 5.82 Å². The molecule has 0 aliphatic heterocycles. The van der Waals surface area contributed by atoms with E-state index < -0.39 is 18.0 Å². The lowest BCUT2D eigenvalue weighted by Crippen LogP contribution is -2.30. The van der Waals surface area contributed by atoms with E-state index in [1.54, 1.807) is 24.3 Å². The minimum atomic E-state index is -0.958. The van der Waals surface area contributed by atoms with Gasteiger partial charge in [0, 0.05) is 10.0 Å². The molecule has 0 saturated carbocycles. The normalized spacial score (nSPS) is 11.8. The predicted octanol–water partition coefficient (Wildman–Crippen LogP) is 5.48. The molecule has 2 N–H and O–H groups in total. The van der Waals surface area contributed by atoms with Gasteiger partial charge in [-0.25, -0.2) is 9.78 Å². The molecule has 31 heavy (non-hydrogen) atoms. The Hall–Kier alpha value is -3.45. The Bertz CT molecular complexity index is 1260. The summed E-state index contributed by atoms with van der Waals surface area (Å²) in [5, 5.41) is 2.74. The van der Waals surface area contributed by atoms with Gasteiger partial charge in [-0.15, -0.1) is 0 Å². The van der Waals surface area contributed by atoms with Crippen LogP contribution in [0.3, 0.4) is 0 Å². The maximum absolute atomic E-state index is 12.6. The number of carbonyl (C=O) groups is 2. The van der Waals surface area contributed by atoms with Crippen molar-refractivity contribution in [3.8, 4) is 11.4 Å². The first kappa shape index (κ1) is 20.8. The maximum atomic E-state index is 12.6. The average Bonchev–Trinajstić information content (AvgIpc) is 3.19. The van der Waals surface area contributed by atoms with Crippen LogP contribution >= 0.6 is 15.9 Å². The molecule has 1 amide bonds. The SMILES string of the molecule is Cc1ccc(-c2nc3ccc(C(=O)OC(C)C(=O)Nc4ccccc4Br)cc3[nH]2)cc1. The first-order chi connectivity index (χ1) is 14.9. The van der Waals surface area contributed by atoms with E-state index in [0.29, 0.717) is 11.3 Å². The number of imidazole rings is 1. The second-order valence-electron chi connectivity index (χ2n) is 7.20. The molecule has 0 fully saturated rings. The lowest BCUT2D eigenvalue weighted by atomic mass is 10.1. The maximum Gasteiger partial charge on any atom is 0.338 e. The number of rotatable bonds is 5. The van der Waals surface area contributed by atoms with Gasteiger partial charge in [-0.3, -0.25) is 4.79 Å². The summed E-state index contributed by atoms with van der Waals surface area (Å²) in [7, 11) is 0. The Morgan fingerprint density at radius 3 is 2.55 bits per heavy atom. The van der Waals surface area contributed by atoms with E-state index in [4.69, 9.17) is 4.74 Å². The number of aromatic nitrogens is 2.